The number of benzene rings is 1. The highest BCUT2D eigenvalue weighted by Crippen LogP contribution is 2.33. The number of amides is 1. The molecule has 0 saturated carbocycles. The predicted molar refractivity (Wildman–Crippen MR) is 85.7 cm³/mol. The molecule has 2 rings (SSSR count). The topological polar surface area (TPSA) is 81.6 Å². The monoisotopic (exact) mass is 355 g/mol. The molecule has 21 heavy (non-hydrogen) atoms. The van der Waals surface area contributed by atoms with Crippen LogP contribution in [0.2, 0.25) is 0 Å². The molecular weight excluding hydrogens is 334 g/mol. The minimum Gasteiger partial charge on any atom is -0.378 e. The van der Waals surface area contributed by atoms with Gasteiger partial charge in [0.1, 0.15) is 6.04 Å². The second kappa shape index (κ2) is 7.35. The van der Waals surface area contributed by atoms with Gasteiger partial charge in [0.2, 0.25) is 5.91 Å². The maximum absolute atomic E-state index is 11.7. The molecule has 1 fully saturated rings. The minimum atomic E-state index is -0.437. The number of nitrogens with zero attached hydrogens (tertiary/aromatic N) is 1. The summed E-state index contributed by atoms with van der Waals surface area (Å²) >= 11 is 3.59. The summed E-state index contributed by atoms with van der Waals surface area (Å²) in [5.74, 6) is -0.366. The molecule has 0 bridgehead atoms. The van der Waals surface area contributed by atoms with Gasteiger partial charge in [0.15, 0.2) is 0 Å². The quantitative estimate of drug-likeness (QED) is 0.836. The molecule has 1 amide bonds. The molecular formula is C15H22BrN3O2. The lowest BCUT2D eigenvalue weighted by molar-refractivity contribution is -0.132. The van der Waals surface area contributed by atoms with E-state index in [9.17, 15) is 4.79 Å². The molecule has 1 saturated heterocycles. The Morgan fingerprint density at radius 1 is 1.52 bits per heavy atom. The summed E-state index contributed by atoms with van der Waals surface area (Å²) in [5.41, 5.74) is 13.0. The molecule has 1 heterocycles. The van der Waals surface area contributed by atoms with Gasteiger partial charge in [-0.3, -0.25) is 9.69 Å². The Kier molecular flexibility index (Phi) is 5.75. The van der Waals surface area contributed by atoms with E-state index in [1.54, 1.807) is 0 Å². The average Bonchev–Trinajstić information content (AvgIpc) is 2.49. The van der Waals surface area contributed by atoms with Crippen molar-refractivity contribution in [2.75, 3.05) is 19.8 Å². The van der Waals surface area contributed by atoms with Crippen molar-refractivity contribution in [2.45, 2.75) is 31.5 Å². The highest BCUT2D eigenvalue weighted by molar-refractivity contribution is 9.10. The lowest BCUT2D eigenvalue weighted by atomic mass is 9.94. The third kappa shape index (κ3) is 3.63. The lowest BCUT2D eigenvalue weighted by Crippen LogP contribution is -2.56. The van der Waals surface area contributed by atoms with Gasteiger partial charge in [0, 0.05) is 17.1 Å². The van der Waals surface area contributed by atoms with Crippen LogP contribution in [0.15, 0.2) is 28.7 Å². The van der Waals surface area contributed by atoms with Gasteiger partial charge in [-0.05, 0) is 18.1 Å². The number of morpholine rings is 1. The average molecular weight is 356 g/mol. The van der Waals surface area contributed by atoms with E-state index in [2.05, 4.69) is 20.8 Å². The van der Waals surface area contributed by atoms with E-state index in [1.165, 1.54) is 0 Å². The van der Waals surface area contributed by atoms with Gasteiger partial charge in [0.25, 0.3) is 0 Å². The van der Waals surface area contributed by atoms with Gasteiger partial charge >= 0.3 is 0 Å². The first kappa shape index (κ1) is 16.4. The van der Waals surface area contributed by atoms with E-state index in [1.807, 2.05) is 31.2 Å². The zero-order valence-corrected chi connectivity index (χ0v) is 13.8. The van der Waals surface area contributed by atoms with Crippen LogP contribution < -0.4 is 11.5 Å². The Morgan fingerprint density at radius 3 is 2.86 bits per heavy atom. The number of primary amides is 1. The molecule has 1 aromatic rings. The zero-order chi connectivity index (χ0) is 15.4. The largest absolute Gasteiger partial charge is 0.378 e. The fraction of sp³-hybridized carbons (Fsp3) is 0.533. The van der Waals surface area contributed by atoms with Crippen LogP contribution in [0, 0.1) is 0 Å². The summed E-state index contributed by atoms with van der Waals surface area (Å²) in [6, 6.07) is 7.40. The molecule has 6 heteroatoms. The molecule has 1 aliphatic heterocycles. The van der Waals surface area contributed by atoms with Crippen LogP contribution in [-0.4, -0.2) is 42.6 Å². The molecule has 0 spiro atoms. The smallest absolute Gasteiger partial charge is 0.237 e. The van der Waals surface area contributed by atoms with Crippen molar-refractivity contribution in [1.82, 2.24) is 4.90 Å². The Labute approximate surface area is 133 Å². The number of nitrogens with two attached hydrogens (primary N) is 2. The number of hydrogen-bond acceptors (Lipinski definition) is 4. The summed E-state index contributed by atoms with van der Waals surface area (Å²) in [5, 5.41) is 0. The van der Waals surface area contributed by atoms with Gasteiger partial charge in [-0.15, -0.1) is 0 Å². The molecule has 3 unspecified atom stereocenters. The minimum absolute atomic E-state index is 0.0630. The first-order chi connectivity index (χ1) is 10.1. The van der Waals surface area contributed by atoms with Crippen LogP contribution in [0.5, 0.6) is 0 Å². The van der Waals surface area contributed by atoms with E-state index < -0.39 is 6.04 Å². The summed E-state index contributed by atoms with van der Waals surface area (Å²) in [6.07, 6.45) is 0.814. The van der Waals surface area contributed by atoms with Crippen molar-refractivity contribution in [3.05, 3.63) is 34.3 Å². The number of carbonyl (C=O) groups is 1. The normalized spacial score (nSPS) is 22.7. The van der Waals surface area contributed by atoms with E-state index in [4.69, 9.17) is 16.2 Å². The molecule has 4 N–H and O–H groups in total. The Bertz CT molecular complexity index is 498. The van der Waals surface area contributed by atoms with Gasteiger partial charge < -0.3 is 16.2 Å². The molecule has 0 aromatic heterocycles. The van der Waals surface area contributed by atoms with Crippen molar-refractivity contribution in [2.24, 2.45) is 11.5 Å². The Morgan fingerprint density at radius 2 is 2.24 bits per heavy atom. The van der Waals surface area contributed by atoms with Crippen molar-refractivity contribution in [3.8, 4) is 0 Å². The fourth-order valence-corrected chi connectivity index (χ4v) is 3.31. The lowest BCUT2D eigenvalue weighted by Gasteiger charge is -2.42. The van der Waals surface area contributed by atoms with Crippen molar-refractivity contribution < 1.29 is 9.53 Å². The highest BCUT2D eigenvalue weighted by Gasteiger charge is 2.36. The molecule has 0 aliphatic carbocycles. The number of carbonyl (C=O) groups excluding carboxylic acids is 1. The Balaban J connectivity index is 2.39. The second-order valence-corrected chi connectivity index (χ2v) is 6.12. The molecule has 1 aliphatic rings. The van der Waals surface area contributed by atoms with Gasteiger partial charge in [-0.2, -0.15) is 0 Å². The SMILES string of the molecule is CCC(N)C(c1ccccc1Br)N1CCOCC1C(N)=O. The van der Waals surface area contributed by atoms with Crippen LogP contribution >= 0.6 is 15.9 Å². The van der Waals surface area contributed by atoms with Crippen molar-refractivity contribution >= 4 is 21.8 Å². The third-order valence-corrected chi connectivity index (χ3v) is 4.68. The van der Waals surface area contributed by atoms with Crippen LogP contribution in [0.25, 0.3) is 0 Å². The maximum atomic E-state index is 11.7. The number of hydrogen-bond donors (Lipinski definition) is 2. The Hall–Kier alpha value is -0.950. The van der Waals surface area contributed by atoms with E-state index in [-0.39, 0.29) is 18.0 Å². The van der Waals surface area contributed by atoms with Crippen LogP contribution in [0.4, 0.5) is 0 Å². The van der Waals surface area contributed by atoms with E-state index >= 15 is 0 Å². The predicted octanol–water partition coefficient (Wildman–Crippen LogP) is 1.41. The third-order valence-electron chi connectivity index (χ3n) is 3.96. The fourth-order valence-electron chi connectivity index (χ4n) is 2.79. The molecule has 1 aromatic carbocycles. The molecule has 3 atom stereocenters. The standard InChI is InChI=1S/C15H22BrN3O2/c1-2-12(17)14(10-5-3-4-6-11(10)16)19-7-8-21-9-13(19)15(18)20/h3-6,12-14H,2,7-9,17H2,1H3,(H2,18,20). The van der Waals surface area contributed by atoms with Crippen molar-refractivity contribution in [1.29, 1.82) is 0 Å². The molecule has 116 valence electrons. The van der Waals surface area contributed by atoms with Crippen LogP contribution in [0.3, 0.4) is 0 Å². The maximum Gasteiger partial charge on any atom is 0.237 e. The summed E-state index contributed by atoms with van der Waals surface area (Å²) in [7, 11) is 0. The zero-order valence-electron chi connectivity index (χ0n) is 12.2. The number of ether oxygens (including phenoxy) is 1. The summed E-state index contributed by atoms with van der Waals surface area (Å²) < 4.78 is 6.40. The number of rotatable bonds is 5. The van der Waals surface area contributed by atoms with E-state index in [0.717, 1.165) is 16.5 Å². The highest BCUT2D eigenvalue weighted by atomic mass is 79.9. The molecule has 0 radical (unpaired) electrons. The van der Waals surface area contributed by atoms with Gasteiger partial charge in [0.05, 0.1) is 19.3 Å². The van der Waals surface area contributed by atoms with Crippen LogP contribution in [0.1, 0.15) is 24.9 Å². The first-order valence-corrected chi connectivity index (χ1v) is 7.98. The second-order valence-electron chi connectivity index (χ2n) is 5.27. The summed E-state index contributed by atoms with van der Waals surface area (Å²) in [6.45, 7) is 3.61. The molecule has 5 nitrogen and oxygen atoms in total. The van der Waals surface area contributed by atoms with Gasteiger partial charge in [-0.1, -0.05) is 41.1 Å². The first-order valence-electron chi connectivity index (χ1n) is 7.19. The van der Waals surface area contributed by atoms with Crippen molar-refractivity contribution in [3.63, 3.8) is 0 Å². The van der Waals surface area contributed by atoms with Crippen LogP contribution in [-0.2, 0) is 9.53 Å². The number of halogens is 1. The summed E-state index contributed by atoms with van der Waals surface area (Å²) in [4.78, 5) is 13.8. The van der Waals surface area contributed by atoms with E-state index in [0.29, 0.717) is 19.8 Å². The van der Waals surface area contributed by atoms with Gasteiger partial charge in [-0.25, -0.2) is 0 Å².